The van der Waals surface area contributed by atoms with Gasteiger partial charge in [-0.3, -0.25) is 10.6 Å². The third kappa shape index (κ3) is 3.40. The highest BCUT2D eigenvalue weighted by atomic mass is 79.9. The van der Waals surface area contributed by atoms with Crippen molar-refractivity contribution in [2.75, 3.05) is 10.7 Å². The number of hydrazine groups is 1. The topological polar surface area (TPSA) is 90.9 Å². The smallest absolute Gasteiger partial charge is 0.255 e. The summed E-state index contributed by atoms with van der Waals surface area (Å²) in [4.78, 5) is 12.3. The van der Waals surface area contributed by atoms with Gasteiger partial charge < -0.3 is 10.7 Å². The molecule has 106 valence electrons. The van der Waals surface area contributed by atoms with E-state index in [0.717, 1.165) is 11.3 Å². The molecule has 2 aromatic rings. The van der Waals surface area contributed by atoms with Crippen LogP contribution in [-0.4, -0.2) is 5.91 Å². The fourth-order valence-corrected chi connectivity index (χ4v) is 2.36. The number of benzene rings is 2. The van der Waals surface area contributed by atoms with Crippen LogP contribution in [0.15, 0.2) is 40.9 Å². The Bertz CT molecular complexity index is 737. The Hall–Kier alpha value is -2.36. The maximum Gasteiger partial charge on any atom is 0.255 e. The number of nitrogens with zero attached hydrogens (tertiary/aromatic N) is 1. The molecule has 0 aromatic heterocycles. The van der Waals surface area contributed by atoms with Gasteiger partial charge in [0, 0.05) is 15.7 Å². The number of carbonyl (C=O) groups is 1. The largest absolute Gasteiger partial charge is 0.324 e. The van der Waals surface area contributed by atoms with E-state index in [4.69, 9.17) is 11.1 Å². The van der Waals surface area contributed by atoms with Crippen LogP contribution in [-0.2, 0) is 0 Å². The Balaban J connectivity index is 2.24. The van der Waals surface area contributed by atoms with Crippen LogP contribution in [0.3, 0.4) is 0 Å². The lowest BCUT2D eigenvalue weighted by atomic mass is 10.1. The predicted octanol–water partition coefficient (Wildman–Crippen LogP) is 3.17. The summed E-state index contributed by atoms with van der Waals surface area (Å²) in [5.74, 6) is 5.11. The molecule has 0 atom stereocenters. The lowest BCUT2D eigenvalue weighted by molar-refractivity contribution is 0.102. The zero-order valence-corrected chi connectivity index (χ0v) is 12.9. The minimum absolute atomic E-state index is 0.221. The lowest BCUT2D eigenvalue weighted by Gasteiger charge is -2.10. The van der Waals surface area contributed by atoms with Gasteiger partial charge in [0.05, 0.1) is 17.3 Å². The van der Waals surface area contributed by atoms with Crippen LogP contribution in [0.4, 0.5) is 11.4 Å². The van der Waals surface area contributed by atoms with E-state index in [1.807, 2.05) is 13.0 Å². The molecule has 0 aliphatic heterocycles. The number of halogens is 1. The van der Waals surface area contributed by atoms with Gasteiger partial charge in [0.2, 0.25) is 0 Å². The van der Waals surface area contributed by atoms with E-state index in [2.05, 4.69) is 26.7 Å². The molecule has 21 heavy (non-hydrogen) atoms. The van der Waals surface area contributed by atoms with Crippen LogP contribution in [0, 0.1) is 18.3 Å². The molecule has 0 unspecified atom stereocenters. The highest BCUT2D eigenvalue weighted by Gasteiger charge is 2.11. The van der Waals surface area contributed by atoms with Gasteiger partial charge in [-0.05, 0) is 64.8 Å². The number of nitriles is 1. The minimum atomic E-state index is -0.221. The van der Waals surface area contributed by atoms with Gasteiger partial charge in [-0.1, -0.05) is 0 Å². The number of anilines is 2. The van der Waals surface area contributed by atoms with E-state index in [9.17, 15) is 4.79 Å². The summed E-state index contributed by atoms with van der Waals surface area (Å²) in [7, 11) is 0. The van der Waals surface area contributed by atoms with E-state index < -0.39 is 0 Å². The second-order valence-corrected chi connectivity index (χ2v) is 5.29. The van der Waals surface area contributed by atoms with Crippen molar-refractivity contribution in [1.29, 1.82) is 5.26 Å². The molecule has 1 amide bonds. The number of amides is 1. The van der Waals surface area contributed by atoms with Crippen molar-refractivity contribution in [3.05, 3.63) is 57.6 Å². The quantitative estimate of drug-likeness (QED) is 0.589. The molecule has 0 saturated heterocycles. The number of nitrogen functional groups attached to an aromatic ring is 1. The molecule has 0 saturated carbocycles. The summed E-state index contributed by atoms with van der Waals surface area (Å²) in [5.41, 5.74) is 5.78. The summed E-state index contributed by atoms with van der Waals surface area (Å²) < 4.78 is 0.660. The zero-order valence-electron chi connectivity index (χ0n) is 11.3. The van der Waals surface area contributed by atoms with E-state index in [-0.39, 0.29) is 5.91 Å². The molecule has 0 aliphatic rings. The van der Waals surface area contributed by atoms with Crippen molar-refractivity contribution < 1.29 is 4.79 Å². The van der Waals surface area contributed by atoms with Crippen molar-refractivity contribution in [3.8, 4) is 6.07 Å². The summed E-state index contributed by atoms with van der Waals surface area (Å²) in [6.45, 7) is 1.84. The minimum Gasteiger partial charge on any atom is -0.324 e. The number of carbonyl (C=O) groups excluding carboxylic acids is 1. The van der Waals surface area contributed by atoms with Crippen LogP contribution in [0.1, 0.15) is 21.5 Å². The second kappa shape index (κ2) is 6.39. The zero-order chi connectivity index (χ0) is 15.4. The maximum atomic E-state index is 12.3. The Morgan fingerprint density at radius 1 is 1.29 bits per heavy atom. The van der Waals surface area contributed by atoms with E-state index >= 15 is 0 Å². The molecule has 0 fully saturated rings. The molecular formula is C15H13BrN4O. The van der Waals surface area contributed by atoms with Gasteiger partial charge in [0.1, 0.15) is 0 Å². The first kappa shape index (κ1) is 15.0. The molecule has 0 spiro atoms. The molecule has 2 aromatic carbocycles. The molecule has 0 aliphatic carbocycles. The van der Waals surface area contributed by atoms with Crippen LogP contribution in [0.25, 0.3) is 0 Å². The molecule has 0 radical (unpaired) electrons. The predicted molar refractivity (Wildman–Crippen MR) is 85.8 cm³/mol. The number of aryl methyl sites for hydroxylation is 1. The van der Waals surface area contributed by atoms with E-state index in [0.29, 0.717) is 21.3 Å². The van der Waals surface area contributed by atoms with Gasteiger partial charge in [0.15, 0.2) is 0 Å². The average molecular weight is 345 g/mol. The first-order valence-corrected chi connectivity index (χ1v) is 6.92. The number of hydrogen-bond donors (Lipinski definition) is 3. The summed E-state index contributed by atoms with van der Waals surface area (Å²) >= 11 is 3.34. The van der Waals surface area contributed by atoms with Crippen LogP contribution in [0.2, 0.25) is 0 Å². The van der Waals surface area contributed by atoms with Crippen LogP contribution < -0.4 is 16.6 Å². The second-order valence-electron chi connectivity index (χ2n) is 4.43. The SMILES string of the molecule is Cc1cc(NN)ccc1C(=O)Nc1ccc(C#N)cc1Br. The number of nitrogens with one attached hydrogen (secondary N) is 2. The summed E-state index contributed by atoms with van der Waals surface area (Å²) in [5, 5.41) is 11.6. The fraction of sp³-hybridized carbons (Fsp3) is 0.0667. The molecule has 5 nitrogen and oxygen atoms in total. The van der Waals surface area contributed by atoms with Crippen molar-refractivity contribution in [2.24, 2.45) is 5.84 Å². The normalized spacial score (nSPS) is 9.81. The van der Waals surface area contributed by atoms with Gasteiger partial charge in [0.25, 0.3) is 5.91 Å². The van der Waals surface area contributed by atoms with Crippen molar-refractivity contribution in [2.45, 2.75) is 6.92 Å². The molecule has 0 bridgehead atoms. The first-order chi connectivity index (χ1) is 10.0. The van der Waals surface area contributed by atoms with Gasteiger partial charge in [-0.2, -0.15) is 5.26 Å². The van der Waals surface area contributed by atoms with Crippen molar-refractivity contribution >= 4 is 33.2 Å². The standard InChI is InChI=1S/C15H13BrN4O/c1-9-6-11(20-18)3-4-12(9)15(21)19-14-5-2-10(8-17)7-13(14)16/h2-7,20H,18H2,1H3,(H,19,21). The fourth-order valence-electron chi connectivity index (χ4n) is 1.88. The Morgan fingerprint density at radius 2 is 2.05 bits per heavy atom. The molecule has 4 N–H and O–H groups in total. The van der Waals surface area contributed by atoms with Crippen LogP contribution in [0.5, 0.6) is 0 Å². The number of hydrogen-bond acceptors (Lipinski definition) is 4. The third-order valence-corrected chi connectivity index (χ3v) is 3.64. The van der Waals surface area contributed by atoms with Gasteiger partial charge in [-0.15, -0.1) is 0 Å². The Labute approximate surface area is 130 Å². The average Bonchev–Trinajstić information content (AvgIpc) is 2.48. The highest BCUT2D eigenvalue weighted by Crippen LogP contribution is 2.24. The van der Waals surface area contributed by atoms with Gasteiger partial charge >= 0.3 is 0 Å². The number of nitrogens with two attached hydrogens (primary N) is 1. The third-order valence-electron chi connectivity index (χ3n) is 2.98. The monoisotopic (exact) mass is 344 g/mol. The molecule has 2 rings (SSSR count). The first-order valence-electron chi connectivity index (χ1n) is 6.13. The number of rotatable bonds is 3. The van der Waals surface area contributed by atoms with E-state index in [1.54, 1.807) is 36.4 Å². The molecule has 0 heterocycles. The maximum absolute atomic E-state index is 12.3. The lowest BCUT2D eigenvalue weighted by Crippen LogP contribution is -2.14. The Kier molecular flexibility index (Phi) is 4.58. The summed E-state index contributed by atoms with van der Waals surface area (Å²) in [6, 6.07) is 12.3. The van der Waals surface area contributed by atoms with Gasteiger partial charge in [-0.25, -0.2) is 0 Å². The van der Waals surface area contributed by atoms with Crippen molar-refractivity contribution in [1.82, 2.24) is 0 Å². The van der Waals surface area contributed by atoms with E-state index in [1.165, 1.54) is 0 Å². The highest BCUT2D eigenvalue weighted by molar-refractivity contribution is 9.10. The summed E-state index contributed by atoms with van der Waals surface area (Å²) in [6.07, 6.45) is 0. The van der Waals surface area contributed by atoms with Crippen LogP contribution >= 0.6 is 15.9 Å². The molecular weight excluding hydrogens is 332 g/mol. The Morgan fingerprint density at radius 3 is 2.62 bits per heavy atom. The molecule has 6 heteroatoms. The van der Waals surface area contributed by atoms with Crippen molar-refractivity contribution in [3.63, 3.8) is 0 Å².